The van der Waals surface area contributed by atoms with Crippen LogP contribution in [0.15, 0.2) is 36.4 Å². The topological polar surface area (TPSA) is 84.6 Å². The molecule has 0 saturated heterocycles. The molecule has 0 fully saturated rings. The molecule has 0 radical (unpaired) electrons. The number of benzene rings is 1. The van der Waals surface area contributed by atoms with Crippen molar-refractivity contribution in [2.45, 2.75) is 12.6 Å². The van der Waals surface area contributed by atoms with Crippen molar-refractivity contribution in [2.24, 2.45) is 0 Å². The Morgan fingerprint density at radius 3 is 2.79 bits per heavy atom. The van der Waals surface area contributed by atoms with Crippen LogP contribution in [0.2, 0.25) is 0 Å². The van der Waals surface area contributed by atoms with E-state index in [-0.39, 0.29) is 24.0 Å². The summed E-state index contributed by atoms with van der Waals surface area (Å²) in [6.45, 7) is 0.834. The first-order chi connectivity index (χ1) is 13.4. The van der Waals surface area contributed by atoms with Gasteiger partial charge in [-0.3, -0.25) is 4.79 Å². The Kier molecular flexibility index (Phi) is 4.49. The lowest BCUT2D eigenvalue weighted by atomic mass is 10.2. The number of nitrogens with zero attached hydrogens (tertiary/aromatic N) is 5. The number of alkyl halides is 3. The highest BCUT2D eigenvalue weighted by Gasteiger charge is 2.37. The van der Waals surface area contributed by atoms with Crippen molar-refractivity contribution in [3.05, 3.63) is 42.2 Å². The van der Waals surface area contributed by atoms with Crippen LogP contribution in [0, 0.1) is 0 Å². The first kappa shape index (κ1) is 18.0. The lowest BCUT2D eigenvalue weighted by molar-refractivity contribution is -0.146. The van der Waals surface area contributed by atoms with E-state index in [2.05, 4.69) is 20.6 Å². The van der Waals surface area contributed by atoms with Crippen LogP contribution in [0.1, 0.15) is 12.2 Å². The molecule has 1 aromatic carbocycles. The number of para-hydroxylation sites is 2. The summed E-state index contributed by atoms with van der Waals surface area (Å²) in [6, 6.07) is 10.2. The van der Waals surface area contributed by atoms with Gasteiger partial charge in [0.1, 0.15) is 11.6 Å². The van der Waals surface area contributed by atoms with E-state index < -0.39 is 12.0 Å². The molecule has 3 heterocycles. The number of aromatic nitrogens is 4. The van der Waals surface area contributed by atoms with E-state index in [1.165, 1.54) is 12.1 Å². The van der Waals surface area contributed by atoms with Crippen molar-refractivity contribution in [3.8, 4) is 5.75 Å². The summed E-state index contributed by atoms with van der Waals surface area (Å²) >= 11 is 0. The van der Waals surface area contributed by atoms with E-state index in [9.17, 15) is 18.0 Å². The van der Waals surface area contributed by atoms with Crippen molar-refractivity contribution >= 4 is 23.1 Å². The van der Waals surface area contributed by atoms with Gasteiger partial charge in [-0.15, -0.1) is 15.3 Å². The number of carbonyl (C=O) groups is 1. The van der Waals surface area contributed by atoms with Crippen molar-refractivity contribution < 1.29 is 22.7 Å². The minimum absolute atomic E-state index is 0.00777. The van der Waals surface area contributed by atoms with Crippen LogP contribution in [-0.4, -0.2) is 45.4 Å². The molecule has 0 bridgehead atoms. The number of carbonyl (C=O) groups excluding carboxylic acids is 1. The first-order valence-corrected chi connectivity index (χ1v) is 8.49. The zero-order valence-corrected chi connectivity index (χ0v) is 14.5. The molecule has 8 nitrogen and oxygen atoms in total. The predicted octanol–water partition coefficient (Wildman–Crippen LogP) is 2.37. The molecule has 11 heteroatoms. The van der Waals surface area contributed by atoms with Gasteiger partial charge in [0.15, 0.2) is 12.3 Å². The molecule has 2 aromatic heterocycles. The minimum atomic E-state index is -4.64. The average molecular weight is 392 g/mol. The Hall–Kier alpha value is -3.37. The molecule has 1 aliphatic heterocycles. The van der Waals surface area contributed by atoms with Gasteiger partial charge in [-0.25, -0.2) is 0 Å². The summed E-state index contributed by atoms with van der Waals surface area (Å²) in [5, 5.41) is 13.5. The second-order valence-corrected chi connectivity index (χ2v) is 6.09. The first-order valence-electron chi connectivity index (χ1n) is 8.49. The molecule has 1 N–H and O–H groups in total. The normalized spacial score (nSPS) is 14.1. The summed E-state index contributed by atoms with van der Waals surface area (Å²) < 4.78 is 44.8. The second-order valence-electron chi connectivity index (χ2n) is 6.09. The average Bonchev–Trinajstić information content (AvgIpc) is 3.10. The van der Waals surface area contributed by atoms with Crippen molar-refractivity contribution in [2.75, 3.05) is 29.9 Å². The Morgan fingerprint density at radius 1 is 1.14 bits per heavy atom. The van der Waals surface area contributed by atoms with E-state index in [4.69, 9.17) is 4.74 Å². The molecule has 1 aliphatic rings. The number of halogens is 3. The third-order valence-electron chi connectivity index (χ3n) is 4.19. The van der Waals surface area contributed by atoms with E-state index in [0.717, 1.165) is 0 Å². The maximum Gasteiger partial charge on any atom is 0.453 e. The molecule has 0 atom stereocenters. The van der Waals surface area contributed by atoms with Crippen molar-refractivity contribution in [1.82, 2.24) is 19.8 Å². The zero-order chi connectivity index (χ0) is 19.7. The van der Waals surface area contributed by atoms with Crippen molar-refractivity contribution in [3.63, 3.8) is 0 Å². The summed E-state index contributed by atoms with van der Waals surface area (Å²) in [4.78, 5) is 13.8. The highest BCUT2D eigenvalue weighted by molar-refractivity contribution is 5.97. The summed E-state index contributed by atoms with van der Waals surface area (Å²) in [7, 11) is 0. The van der Waals surface area contributed by atoms with E-state index in [1.807, 2.05) is 12.1 Å². The van der Waals surface area contributed by atoms with Gasteiger partial charge in [-0.2, -0.15) is 17.7 Å². The Morgan fingerprint density at radius 2 is 1.96 bits per heavy atom. The van der Waals surface area contributed by atoms with Gasteiger partial charge < -0.3 is 15.0 Å². The smallest absolute Gasteiger partial charge is 0.453 e. The standard InChI is InChI=1S/C17H15F3N6O2/c18-17(19,20)16-23-22-14-7-6-13(24-26(14)16)21-8-3-9-25-11-4-1-2-5-12(11)28-10-15(25)27/h1-2,4-7H,3,8-10H2,(H,21,24). The molecule has 3 aromatic rings. The lowest BCUT2D eigenvalue weighted by Crippen LogP contribution is -2.39. The fourth-order valence-corrected chi connectivity index (χ4v) is 2.91. The van der Waals surface area contributed by atoms with Gasteiger partial charge in [0.2, 0.25) is 0 Å². The molecule has 0 aliphatic carbocycles. The molecular weight excluding hydrogens is 377 g/mol. The van der Waals surface area contributed by atoms with Gasteiger partial charge in [-0.05, 0) is 30.7 Å². The summed E-state index contributed by atoms with van der Waals surface area (Å²) in [5.74, 6) is -0.416. The number of hydrogen-bond acceptors (Lipinski definition) is 6. The molecule has 0 spiro atoms. The number of ether oxygens (including phenoxy) is 1. The van der Waals surface area contributed by atoms with Gasteiger partial charge in [0.25, 0.3) is 11.7 Å². The Bertz CT molecular complexity index is 1020. The van der Waals surface area contributed by atoms with Gasteiger partial charge >= 0.3 is 6.18 Å². The quantitative estimate of drug-likeness (QED) is 0.671. The Balaban J connectivity index is 1.40. The van der Waals surface area contributed by atoms with Gasteiger partial charge in [-0.1, -0.05) is 12.1 Å². The summed E-state index contributed by atoms with van der Waals surface area (Å²) in [5.41, 5.74) is 0.714. The Labute approximate surface area is 156 Å². The van der Waals surface area contributed by atoms with Gasteiger partial charge in [0.05, 0.1) is 5.69 Å². The molecule has 4 rings (SSSR count). The number of nitrogens with one attached hydrogen (secondary N) is 1. The van der Waals surface area contributed by atoms with Crippen LogP contribution in [0.3, 0.4) is 0 Å². The predicted molar refractivity (Wildman–Crippen MR) is 93.2 cm³/mol. The van der Waals surface area contributed by atoms with E-state index >= 15 is 0 Å². The molecule has 146 valence electrons. The molecule has 0 unspecified atom stereocenters. The molecule has 0 saturated carbocycles. The van der Waals surface area contributed by atoms with Crippen LogP contribution in [0.4, 0.5) is 24.7 Å². The van der Waals surface area contributed by atoms with Crippen LogP contribution in [0.25, 0.3) is 5.65 Å². The monoisotopic (exact) mass is 392 g/mol. The number of fused-ring (bicyclic) bond motifs is 2. The molecule has 1 amide bonds. The number of amides is 1. The van der Waals surface area contributed by atoms with Gasteiger partial charge in [0, 0.05) is 13.1 Å². The van der Waals surface area contributed by atoms with Crippen LogP contribution in [0.5, 0.6) is 5.75 Å². The maximum absolute atomic E-state index is 12.9. The van der Waals surface area contributed by atoms with E-state index in [0.29, 0.717) is 35.5 Å². The number of rotatable bonds is 5. The van der Waals surface area contributed by atoms with Crippen molar-refractivity contribution in [1.29, 1.82) is 0 Å². The summed E-state index contributed by atoms with van der Waals surface area (Å²) in [6.07, 6.45) is -4.08. The number of hydrogen-bond donors (Lipinski definition) is 1. The lowest BCUT2D eigenvalue weighted by Gasteiger charge is -2.29. The fraction of sp³-hybridized carbons (Fsp3) is 0.294. The zero-order valence-electron chi connectivity index (χ0n) is 14.5. The third kappa shape index (κ3) is 3.42. The van der Waals surface area contributed by atoms with Crippen LogP contribution >= 0.6 is 0 Å². The molecule has 28 heavy (non-hydrogen) atoms. The van der Waals surface area contributed by atoms with Crippen LogP contribution in [-0.2, 0) is 11.0 Å². The number of anilines is 2. The highest BCUT2D eigenvalue weighted by Crippen LogP contribution is 2.31. The second kappa shape index (κ2) is 6.98. The van der Waals surface area contributed by atoms with E-state index in [1.54, 1.807) is 17.0 Å². The van der Waals surface area contributed by atoms with Crippen LogP contribution < -0.4 is 15.0 Å². The fourth-order valence-electron chi connectivity index (χ4n) is 2.91. The highest BCUT2D eigenvalue weighted by atomic mass is 19.4. The third-order valence-corrected chi connectivity index (χ3v) is 4.19. The maximum atomic E-state index is 12.9. The largest absolute Gasteiger partial charge is 0.482 e. The SMILES string of the molecule is O=C1COc2ccccc2N1CCCNc1ccc2nnc(C(F)(F)F)n2n1. The minimum Gasteiger partial charge on any atom is -0.482 e. The molecular formula is C17H15F3N6O2.